The Morgan fingerprint density at radius 2 is 2.21 bits per heavy atom. The van der Waals surface area contributed by atoms with E-state index in [9.17, 15) is 4.39 Å². The largest absolute Gasteiger partial charge is 0.324 e. The molecule has 0 radical (unpaired) electrons. The van der Waals surface area contributed by atoms with Crippen molar-refractivity contribution in [2.24, 2.45) is 5.73 Å². The van der Waals surface area contributed by atoms with E-state index in [1.54, 1.807) is 13.0 Å². The molecule has 1 unspecified atom stereocenters. The zero-order valence-corrected chi connectivity index (χ0v) is 9.09. The molecule has 0 aromatic heterocycles. The van der Waals surface area contributed by atoms with Crippen LogP contribution in [0.3, 0.4) is 0 Å². The highest BCUT2D eigenvalue weighted by molar-refractivity contribution is 5.21. The summed E-state index contributed by atoms with van der Waals surface area (Å²) in [5.41, 5.74) is 6.69. The molecule has 0 rings (SSSR count). The van der Waals surface area contributed by atoms with E-state index < -0.39 is 0 Å². The van der Waals surface area contributed by atoms with Crippen LogP contribution in [-0.4, -0.2) is 6.04 Å². The smallest absolute Gasteiger partial charge is 0.0994 e. The van der Waals surface area contributed by atoms with Crippen LogP contribution in [0.15, 0.2) is 36.2 Å². The molecule has 1 nitrogen and oxygen atoms in total. The molecule has 2 N–H and O–H groups in total. The van der Waals surface area contributed by atoms with Crippen molar-refractivity contribution >= 4 is 0 Å². The van der Waals surface area contributed by atoms with Gasteiger partial charge in [-0.15, -0.1) is 0 Å². The normalized spacial score (nSPS) is 14.7. The lowest BCUT2D eigenvalue weighted by atomic mass is 10.0. The van der Waals surface area contributed by atoms with Crippen LogP contribution in [0.25, 0.3) is 0 Å². The van der Waals surface area contributed by atoms with Crippen molar-refractivity contribution < 1.29 is 4.39 Å². The van der Waals surface area contributed by atoms with Gasteiger partial charge < -0.3 is 5.73 Å². The Morgan fingerprint density at radius 3 is 2.71 bits per heavy atom. The third-order valence-corrected chi connectivity index (χ3v) is 2.03. The summed E-state index contributed by atoms with van der Waals surface area (Å²) in [5.74, 6) is -0.127. The summed E-state index contributed by atoms with van der Waals surface area (Å²) in [6.07, 6.45) is 7.32. The van der Waals surface area contributed by atoms with Gasteiger partial charge in [0, 0.05) is 12.5 Å². The predicted molar refractivity (Wildman–Crippen MR) is 60.6 cm³/mol. The highest BCUT2D eigenvalue weighted by atomic mass is 19.1. The molecule has 0 aromatic carbocycles. The number of rotatable bonds is 6. The number of hydrogen-bond acceptors (Lipinski definition) is 1. The van der Waals surface area contributed by atoms with Gasteiger partial charge in [-0.2, -0.15) is 0 Å². The molecule has 0 saturated carbocycles. The zero-order chi connectivity index (χ0) is 11.0. The molecule has 0 bridgehead atoms. The molecule has 0 amide bonds. The molecule has 14 heavy (non-hydrogen) atoms. The van der Waals surface area contributed by atoms with E-state index in [2.05, 4.69) is 13.5 Å². The van der Waals surface area contributed by atoms with Crippen molar-refractivity contribution in [2.45, 2.75) is 39.2 Å². The van der Waals surface area contributed by atoms with Gasteiger partial charge in [0.2, 0.25) is 0 Å². The lowest BCUT2D eigenvalue weighted by Gasteiger charge is -2.09. The van der Waals surface area contributed by atoms with E-state index in [1.807, 2.05) is 6.08 Å². The summed E-state index contributed by atoms with van der Waals surface area (Å²) in [4.78, 5) is 0. The molecule has 0 aliphatic heterocycles. The van der Waals surface area contributed by atoms with Gasteiger partial charge in [0.1, 0.15) is 0 Å². The fourth-order valence-electron chi connectivity index (χ4n) is 1.06. The number of nitrogens with two attached hydrogens (primary N) is 1. The predicted octanol–water partition coefficient (Wildman–Crippen LogP) is 3.49. The van der Waals surface area contributed by atoms with E-state index in [1.165, 1.54) is 6.08 Å². The molecule has 1 atom stereocenters. The molecule has 0 aromatic rings. The first-order chi connectivity index (χ1) is 6.61. The van der Waals surface area contributed by atoms with Crippen LogP contribution in [0.5, 0.6) is 0 Å². The van der Waals surface area contributed by atoms with E-state index in [0.717, 1.165) is 18.4 Å². The highest BCUT2D eigenvalue weighted by Crippen LogP contribution is 2.08. The zero-order valence-electron chi connectivity index (χ0n) is 9.09. The summed E-state index contributed by atoms with van der Waals surface area (Å²) in [5, 5.41) is 0. The molecule has 0 heterocycles. The van der Waals surface area contributed by atoms with Crippen LogP contribution in [-0.2, 0) is 0 Å². The minimum Gasteiger partial charge on any atom is -0.324 e. The maximum Gasteiger partial charge on any atom is 0.0994 e. The maximum atomic E-state index is 12.7. The van der Waals surface area contributed by atoms with Crippen molar-refractivity contribution in [1.82, 2.24) is 0 Å². The third-order valence-electron chi connectivity index (χ3n) is 2.03. The van der Waals surface area contributed by atoms with Crippen LogP contribution in [0.2, 0.25) is 0 Å². The van der Waals surface area contributed by atoms with Crippen LogP contribution in [0.4, 0.5) is 4.39 Å². The van der Waals surface area contributed by atoms with Crippen LogP contribution < -0.4 is 5.73 Å². The second-order valence-electron chi connectivity index (χ2n) is 3.31. The second kappa shape index (κ2) is 7.51. The summed E-state index contributed by atoms with van der Waals surface area (Å²) < 4.78 is 12.7. The van der Waals surface area contributed by atoms with E-state index in [0.29, 0.717) is 6.42 Å². The Hall–Kier alpha value is -0.890. The highest BCUT2D eigenvalue weighted by Gasteiger charge is 2.01. The van der Waals surface area contributed by atoms with Crippen molar-refractivity contribution in [2.75, 3.05) is 0 Å². The van der Waals surface area contributed by atoms with Crippen LogP contribution >= 0.6 is 0 Å². The average molecular weight is 197 g/mol. The Bertz CT molecular complexity index is 228. The Labute approximate surface area is 86.2 Å². The number of halogens is 1. The summed E-state index contributed by atoms with van der Waals surface area (Å²) in [6, 6.07) is 0.00455. The van der Waals surface area contributed by atoms with Gasteiger partial charge in [-0.25, -0.2) is 4.39 Å². The van der Waals surface area contributed by atoms with Gasteiger partial charge in [0.15, 0.2) is 0 Å². The van der Waals surface area contributed by atoms with E-state index >= 15 is 0 Å². The lowest BCUT2D eigenvalue weighted by Crippen LogP contribution is -2.20. The van der Waals surface area contributed by atoms with Gasteiger partial charge in [-0.1, -0.05) is 38.2 Å². The molecule has 0 saturated heterocycles. The molecule has 0 fully saturated rings. The Kier molecular flexibility index (Phi) is 7.03. The topological polar surface area (TPSA) is 26.0 Å². The molecular formula is C12H20FN. The number of allylic oxidation sites excluding steroid dienone is 3. The van der Waals surface area contributed by atoms with E-state index in [4.69, 9.17) is 5.73 Å². The van der Waals surface area contributed by atoms with Crippen LogP contribution in [0, 0.1) is 0 Å². The summed E-state index contributed by atoms with van der Waals surface area (Å²) in [7, 11) is 0. The minimum atomic E-state index is -0.127. The SMILES string of the molecule is C=C(/C=C\C/C(F)=C\C)C(N)CCC. The quantitative estimate of drug-likeness (QED) is 0.648. The van der Waals surface area contributed by atoms with Crippen molar-refractivity contribution in [3.05, 3.63) is 36.2 Å². The second-order valence-corrected chi connectivity index (χ2v) is 3.31. The van der Waals surface area contributed by atoms with Crippen molar-refractivity contribution in [3.63, 3.8) is 0 Å². The molecular weight excluding hydrogens is 177 g/mol. The monoisotopic (exact) mass is 197 g/mol. The first kappa shape index (κ1) is 13.1. The third kappa shape index (κ3) is 5.70. The fourth-order valence-corrected chi connectivity index (χ4v) is 1.06. The van der Waals surface area contributed by atoms with Gasteiger partial charge in [0.25, 0.3) is 0 Å². The van der Waals surface area contributed by atoms with Crippen LogP contribution in [0.1, 0.15) is 33.1 Å². The summed E-state index contributed by atoms with van der Waals surface area (Å²) >= 11 is 0. The van der Waals surface area contributed by atoms with Crippen molar-refractivity contribution in [1.29, 1.82) is 0 Å². The van der Waals surface area contributed by atoms with E-state index in [-0.39, 0.29) is 11.9 Å². The molecule has 0 spiro atoms. The van der Waals surface area contributed by atoms with Gasteiger partial charge >= 0.3 is 0 Å². The molecule has 80 valence electrons. The Balaban J connectivity index is 3.93. The van der Waals surface area contributed by atoms with Crippen molar-refractivity contribution in [3.8, 4) is 0 Å². The maximum absolute atomic E-state index is 12.7. The average Bonchev–Trinajstić information content (AvgIpc) is 2.17. The molecule has 2 heteroatoms. The Morgan fingerprint density at radius 1 is 1.57 bits per heavy atom. The standard InChI is InChI=1S/C12H20FN/c1-4-7-12(14)10(3)8-6-9-11(13)5-2/h5-6,8,12H,3-4,7,9,14H2,1-2H3/b8-6-,11-5+. The number of hydrogen-bond donors (Lipinski definition) is 1. The minimum absolute atomic E-state index is 0.00455. The fraction of sp³-hybridized carbons (Fsp3) is 0.500. The molecule has 0 aliphatic carbocycles. The first-order valence-electron chi connectivity index (χ1n) is 5.03. The molecule has 0 aliphatic rings. The lowest BCUT2D eigenvalue weighted by molar-refractivity contribution is 0.615. The van der Waals surface area contributed by atoms with Gasteiger partial charge in [-0.3, -0.25) is 0 Å². The summed E-state index contributed by atoms with van der Waals surface area (Å²) in [6.45, 7) is 7.60. The van der Waals surface area contributed by atoms with Gasteiger partial charge in [0.05, 0.1) is 5.83 Å². The first-order valence-corrected chi connectivity index (χ1v) is 5.03. The van der Waals surface area contributed by atoms with Gasteiger partial charge in [-0.05, 0) is 18.9 Å².